The first-order chi connectivity index (χ1) is 13.8. The molecular weight excluding hydrogens is 410 g/mol. The largest absolute Gasteiger partial charge is 0.462 e. The molecule has 0 fully saturated rings. The minimum absolute atomic E-state index is 0.105. The van der Waals surface area contributed by atoms with Crippen molar-refractivity contribution in [3.63, 3.8) is 0 Å². The van der Waals surface area contributed by atoms with E-state index >= 15 is 0 Å². The Kier molecular flexibility index (Phi) is 6.39. The van der Waals surface area contributed by atoms with E-state index < -0.39 is 5.97 Å². The van der Waals surface area contributed by atoms with Crippen molar-refractivity contribution >= 4 is 56.8 Å². The first-order valence-electron chi connectivity index (χ1n) is 9.00. The molecular formula is C20H21N3O4S2. The highest BCUT2D eigenvalue weighted by Gasteiger charge is 2.25. The number of esters is 1. The monoisotopic (exact) mass is 431 g/mol. The van der Waals surface area contributed by atoms with Gasteiger partial charge in [-0.15, -0.1) is 11.3 Å². The van der Waals surface area contributed by atoms with Gasteiger partial charge in [-0.3, -0.25) is 9.59 Å². The van der Waals surface area contributed by atoms with Crippen molar-refractivity contribution in [1.29, 1.82) is 0 Å². The van der Waals surface area contributed by atoms with Crippen molar-refractivity contribution in [2.24, 2.45) is 0 Å². The van der Waals surface area contributed by atoms with Gasteiger partial charge in [0.05, 0.1) is 33.8 Å². The van der Waals surface area contributed by atoms with E-state index in [-0.39, 0.29) is 29.6 Å². The van der Waals surface area contributed by atoms with E-state index in [1.165, 1.54) is 18.7 Å². The number of Topliss-reactive ketones (excluding diaryl/α,β-unsaturated/α-hetero) is 1. The Morgan fingerprint density at radius 3 is 2.72 bits per heavy atom. The number of thioether (sulfide) groups is 1. The van der Waals surface area contributed by atoms with Crippen LogP contribution in [0.1, 0.15) is 45.0 Å². The summed E-state index contributed by atoms with van der Waals surface area (Å²) in [5, 5.41) is 3.71. The third-order valence-corrected chi connectivity index (χ3v) is 6.34. The maximum Gasteiger partial charge on any atom is 0.341 e. The molecule has 0 atom stereocenters. The quantitative estimate of drug-likeness (QED) is 0.328. The number of ketones is 1. The second-order valence-corrected chi connectivity index (χ2v) is 8.42. The van der Waals surface area contributed by atoms with Crippen molar-refractivity contribution in [1.82, 2.24) is 9.97 Å². The van der Waals surface area contributed by atoms with Crippen molar-refractivity contribution in [3.8, 4) is 0 Å². The summed E-state index contributed by atoms with van der Waals surface area (Å²) < 4.78 is 5.08. The summed E-state index contributed by atoms with van der Waals surface area (Å²) in [6.07, 6.45) is 0. The summed E-state index contributed by atoms with van der Waals surface area (Å²) in [7, 11) is 0. The molecule has 0 spiro atoms. The molecule has 2 heterocycles. The van der Waals surface area contributed by atoms with Crippen LogP contribution in [-0.2, 0) is 9.53 Å². The fourth-order valence-electron chi connectivity index (χ4n) is 2.85. The lowest BCUT2D eigenvalue weighted by atomic mass is 10.1. The molecule has 0 aliphatic rings. The number of aromatic nitrogens is 2. The molecule has 0 aliphatic carbocycles. The van der Waals surface area contributed by atoms with Crippen LogP contribution in [0.2, 0.25) is 0 Å². The highest BCUT2D eigenvalue weighted by atomic mass is 32.2. The molecule has 152 valence electrons. The van der Waals surface area contributed by atoms with Gasteiger partial charge < -0.3 is 15.0 Å². The maximum absolute atomic E-state index is 12.5. The third kappa shape index (κ3) is 4.68. The third-order valence-electron chi connectivity index (χ3n) is 4.15. The number of carbonyl (C=O) groups is 3. The molecule has 7 nitrogen and oxygen atoms in total. The minimum atomic E-state index is -0.552. The lowest BCUT2D eigenvalue weighted by Crippen LogP contribution is -2.16. The smallest absolute Gasteiger partial charge is 0.341 e. The van der Waals surface area contributed by atoms with Crippen molar-refractivity contribution in [2.75, 3.05) is 17.7 Å². The summed E-state index contributed by atoms with van der Waals surface area (Å²) >= 11 is 2.35. The Balaban J connectivity index is 1.74. The SMILES string of the molecule is CCOC(=O)c1c(NC(=O)CSc2nc3ccc(C)cc3[nH]2)sc(C(C)=O)c1C. The van der Waals surface area contributed by atoms with Gasteiger partial charge in [0.2, 0.25) is 5.91 Å². The predicted molar refractivity (Wildman–Crippen MR) is 115 cm³/mol. The van der Waals surface area contributed by atoms with Crippen molar-refractivity contribution < 1.29 is 19.1 Å². The average molecular weight is 432 g/mol. The van der Waals surface area contributed by atoms with Crippen LogP contribution in [0.3, 0.4) is 0 Å². The summed E-state index contributed by atoms with van der Waals surface area (Å²) in [5.74, 6) is -0.906. The minimum Gasteiger partial charge on any atom is -0.462 e. The number of amides is 1. The molecule has 2 aromatic heterocycles. The van der Waals surface area contributed by atoms with Crippen LogP contribution >= 0.6 is 23.1 Å². The first kappa shape index (κ1) is 21.1. The summed E-state index contributed by atoms with van der Waals surface area (Å²) in [5.41, 5.74) is 3.63. The van der Waals surface area contributed by atoms with Crippen LogP contribution in [0.15, 0.2) is 23.4 Å². The maximum atomic E-state index is 12.5. The normalized spacial score (nSPS) is 10.9. The number of nitrogens with one attached hydrogen (secondary N) is 2. The number of aromatic amines is 1. The molecule has 2 N–H and O–H groups in total. The standard InChI is InChI=1S/C20H21N3O4S2/c1-5-27-19(26)16-11(3)17(12(4)24)29-18(16)23-15(25)9-28-20-21-13-7-6-10(2)8-14(13)22-20/h6-8H,5,9H2,1-4H3,(H,21,22)(H,23,25). The average Bonchev–Trinajstić information content (AvgIpc) is 3.20. The van der Waals surface area contributed by atoms with Gasteiger partial charge in [-0.1, -0.05) is 17.8 Å². The number of ether oxygens (including phenoxy) is 1. The van der Waals surface area contributed by atoms with E-state index in [2.05, 4.69) is 15.3 Å². The molecule has 1 aromatic carbocycles. The molecule has 29 heavy (non-hydrogen) atoms. The van der Waals surface area contributed by atoms with Crippen LogP contribution < -0.4 is 5.32 Å². The predicted octanol–water partition coefficient (Wildman–Crippen LogP) is 4.35. The number of carbonyl (C=O) groups excluding carboxylic acids is 3. The molecule has 0 unspecified atom stereocenters. The second kappa shape index (κ2) is 8.79. The number of nitrogens with zero attached hydrogens (tertiary/aromatic N) is 1. The Labute approximate surface area is 176 Å². The van der Waals surface area contributed by atoms with E-state index in [0.29, 0.717) is 20.6 Å². The fraction of sp³-hybridized carbons (Fsp3) is 0.300. The number of imidazole rings is 1. The highest BCUT2D eigenvalue weighted by Crippen LogP contribution is 2.34. The number of hydrogen-bond donors (Lipinski definition) is 2. The van der Waals surface area contributed by atoms with Gasteiger partial charge in [-0.25, -0.2) is 9.78 Å². The van der Waals surface area contributed by atoms with Crippen molar-refractivity contribution in [2.45, 2.75) is 32.9 Å². The van der Waals surface area contributed by atoms with Gasteiger partial charge in [0.1, 0.15) is 5.00 Å². The molecule has 3 aromatic rings. The van der Waals surface area contributed by atoms with Crippen LogP contribution in [0.5, 0.6) is 0 Å². The molecule has 1 amide bonds. The zero-order valence-electron chi connectivity index (χ0n) is 16.5. The Hall–Kier alpha value is -2.65. The lowest BCUT2D eigenvalue weighted by Gasteiger charge is -2.06. The summed E-state index contributed by atoms with van der Waals surface area (Å²) in [6, 6.07) is 5.90. The number of H-pyrrole nitrogens is 1. The number of benzene rings is 1. The highest BCUT2D eigenvalue weighted by molar-refractivity contribution is 7.99. The molecule has 3 rings (SSSR count). The molecule has 0 saturated heterocycles. The zero-order chi connectivity index (χ0) is 21.1. The van der Waals surface area contributed by atoms with Gasteiger partial charge in [-0.05, 0) is 51.0 Å². The molecule has 0 saturated carbocycles. The van der Waals surface area contributed by atoms with Crippen LogP contribution in [0.25, 0.3) is 11.0 Å². The van der Waals surface area contributed by atoms with E-state index in [1.54, 1.807) is 13.8 Å². The van der Waals surface area contributed by atoms with Gasteiger partial charge in [0.25, 0.3) is 0 Å². The number of rotatable bonds is 7. The molecule has 9 heteroatoms. The van der Waals surface area contributed by atoms with E-state index in [1.807, 2.05) is 25.1 Å². The van der Waals surface area contributed by atoms with E-state index in [0.717, 1.165) is 27.9 Å². The number of thiophene rings is 1. The first-order valence-corrected chi connectivity index (χ1v) is 10.8. The Morgan fingerprint density at radius 1 is 1.28 bits per heavy atom. The number of hydrogen-bond acceptors (Lipinski definition) is 7. The molecule has 0 bridgehead atoms. The zero-order valence-corrected chi connectivity index (χ0v) is 18.2. The van der Waals surface area contributed by atoms with Gasteiger partial charge in [-0.2, -0.15) is 0 Å². The summed E-state index contributed by atoms with van der Waals surface area (Å²) in [4.78, 5) is 44.7. The Bertz CT molecular complexity index is 1100. The topological polar surface area (TPSA) is 101 Å². The van der Waals surface area contributed by atoms with Gasteiger partial charge in [0.15, 0.2) is 10.9 Å². The van der Waals surface area contributed by atoms with Gasteiger partial charge in [0, 0.05) is 0 Å². The van der Waals surface area contributed by atoms with E-state index in [9.17, 15) is 14.4 Å². The van der Waals surface area contributed by atoms with E-state index in [4.69, 9.17) is 4.74 Å². The lowest BCUT2D eigenvalue weighted by molar-refractivity contribution is -0.113. The second-order valence-electron chi connectivity index (χ2n) is 6.44. The molecule has 0 aliphatic heterocycles. The number of fused-ring (bicyclic) bond motifs is 1. The van der Waals surface area contributed by atoms with Crippen molar-refractivity contribution in [3.05, 3.63) is 39.8 Å². The Morgan fingerprint density at radius 2 is 2.03 bits per heavy atom. The number of aryl methyl sites for hydroxylation is 1. The number of anilines is 1. The summed E-state index contributed by atoms with van der Waals surface area (Å²) in [6.45, 7) is 7.02. The van der Waals surface area contributed by atoms with Gasteiger partial charge >= 0.3 is 5.97 Å². The van der Waals surface area contributed by atoms with Crippen LogP contribution in [-0.4, -0.2) is 40.0 Å². The molecule has 0 radical (unpaired) electrons. The van der Waals surface area contributed by atoms with Crippen LogP contribution in [0, 0.1) is 13.8 Å². The van der Waals surface area contributed by atoms with Crippen LogP contribution in [0.4, 0.5) is 5.00 Å². The fourth-order valence-corrected chi connectivity index (χ4v) is 4.64.